The highest BCUT2D eigenvalue weighted by Crippen LogP contribution is 2.31. The van der Waals surface area contributed by atoms with E-state index in [1.165, 1.54) is 48.2 Å². The second kappa shape index (κ2) is 4.99. The van der Waals surface area contributed by atoms with Gasteiger partial charge < -0.3 is 10.3 Å². The first-order valence-electron chi connectivity index (χ1n) is 8.15. The summed E-state index contributed by atoms with van der Waals surface area (Å²) in [5.74, 6) is 1.66. The lowest BCUT2D eigenvalue weighted by Crippen LogP contribution is -2.33. The van der Waals surface area contributed by atoms with E-state index in [4.69, 9.17) is 10.7 Å². The van der Waals surface area contributed by atoms with Crippen LogP contribution in [-0.2, 0) is 19.4 Å². The predicted octanol–water partition coefficient (Wildman–Crippen LogP) is 3.26. The third-order valence-electron chi connectivity index (χ3n) is 4.98. The van der Waals surface area contributed by atoms with Crippen LogP contribution in [0.2, 0.25) is 0 Å². The van der Waals surface area contributed by atoms with E-state index < -0.39 is 0 Å². The Balaban J connectivity index is 1.72. The normalized spacial score (nSPS) is 24.5. The highest BCUT2D eigenvalue weighted by Gasteiger charge is 2.24. The van der Waals surface area contributed by atoms with E-state index >= 15 is 0 Å². The SMILES string of the molecule is CC1CC(N)Cn2cc(-c3ccc4c(c3)CCCC4)nc21. The first-order chi connectivity index (χ1) is 10.2. The van der Waals surface area contributed by atoms with Gasteiger partial charge in [0.25, 0.3) is 0 Å². The summed E-state index contributed by atoms with van der Waals surface area (Å²) in [5.41, 5.74) is 11.6. The summed E-state index contributed by atoms with van der Waals surface area (Å²) >= 11 is 0. The maximum Gasteiger partial charge on any atom is 0.112 e. The Labute approximate surface area is 126 Å². The van der Waals surface area contributed by atoms with Crippen molar-refractivity contribution >= 4 is 0 Å². The molecule has 2 unspecified atom stereocenters. The van der Waals surface area contributed by atoms with Crippen LogP contribution in [0.15, 0.2) is 24.4 Å². The maximum atomic E-state index is 6.13. The van der Waals surface area contributed by atoms with E-state index in [0.717, 1.165) is 18.7 Å². The standard InChI is InChI=1S/C18H23N3/c1-12-8-16(19)10-21-11-17(20-18(12)21)15-7-6-13-4-2-3-5-14(13)9-15/h6-7,9,11-12,16H,2-5,8,10,19H2,1H3. The van der Waals surface area contributed by atoms with E-state index in [2.05, 4.69) is 35.9 Å². The Morgan fingerprint density at radius 2 is 2.00 bits per heavy atom. The second-order valence-electron chi connectivity index (χ2n) is 6.72. The van der Waals surface area contributed by atoms with Gasteiger partial charge in [0.2, 0.25) is 0 Å². The van der Waals surface area contributed by atoms with Crippen LogP contribution in [0.1, 0.15) is 49.1 Å². The Bertz CT molecular complexity index is 671. The van der Waals surface area contributed by atoms with E-state index in [0.29, 0.717) is 5.92 Å². The van der Waals surface area contributed by atoms with Gasteiger partial charge >= 0.3 is 0 Å². The van der Waals surface area contributed by atoms with Crippen LogP contribution in [0.4, 0.5) is 0 Å². The summed E-state index contributed by atoms with van der Waals surface area (Å²) in [4.78, 5) is 4.89. The van der Waals surface area contributed by atoms with Crippen molar-refractivity contribution in [1.29, 1.82) is 0 Å². The molecular formula is C18H23N3. The zero-order valence-electron chi connectivity index (χ0n) is 12.7. The Morgan fingerprint density at radius 1 is 1.19 bits per heavy atom. The summed E-state index contributed by atoms with van der Waals surface area (Å²) in [5, 5.41) is 0. The van der Waals surface area contributed by atoms with Gasteiger partial charge in [0, 0.05) is 30.3 Å². The molecule has 1 aliphatic carbocycles. The van der Waals surface area contributed by atoms with Crippen LogP contribution in [0.25, 0.3) is 11.3 Å². The minimum Gasteiger partial charge on any atom is -0.332 e. The third-order valence-corrected chi connectivity index (χ3v) is 4.98. The van der Waals surface area contributed by atoms with Crippen LogP contribution in [0.5, 0.6) is 0 Å². The molecule has 0 bridgehead atoms. The molecule has 110 valence electrons. The molecule has 4 rings (SSSR count). The molecular weight excluding hydrogens is 258 g/mol. The quantitative estimate of drug-likeness (QED) is 0.872. The molecule has 2 heterocycles. The van der Waals surface area contributed by atoms with Gasteiger partial charge in [0.15, 0.2) is 0 Å². The first kappa shape index (κ1) is 13.1. The number of benzene rings is 1. The van der Waals surface area contributed by atoms with Gasteiger partial charge in [-0.05, 0) is 49.3 Å². The van der Waals surface area contributed by atoms with Crippen molar-refractivity contribution in [3.05, 3.63) is 41.3 Å². The van der Waals surface area contributed by atoms with E-state index in [1.54, 1.807) is 0 Å². The molecule has 21 heavy (non-hydrogen) atoms. The van der Waals surface area contributed by atoms with Crippen LogP contribution < -0.4 is 5.73 Å². The minimum absolute atomic E-state index is 0.262. The highest BCUT2D eigenvalue weighted by atomic mass is 15.1. The van der Waals surface area contributed by atoms with Gasteiger partial charge in [0.1, 0.15) is 5.82 Å². The van der Waals surface area contributed by atoms with Crippen molar-refractivity contribution in [3.63, 3.8) is 0 Å². The summed E-state index contributed by atoms with van der Waals surface area (Å²) in [6.45, 7) is 3.13. The number of imidazole rings is 1. The number of nitrogens with zero attached hydrogens (tertiary/aromatic N) is 2. The van der Waals surface area contributed by atoms with E-state index in [9.17, 15) is 0 Å². The Morgan fingerprint density at radius 3 is 2.86 bits per heavy atom. The molecule has 2 aromatic rings. The van der Waals surface area contributed by atoms with Gasteiger partial charge in [-0.15, -0.1) is 0 Å². The zero-order chi connectivity index (χ0) is 14.4. The van der Waals surface area contributed by atoms with Gasteiger partial charge in [-0.25, -0.2) is 4.98 Å². The number of hydrogen-bond donors (Lipinski definition) is 1. The lowest BCUT2D eigenvalue weighted by molar-refractivity contribution is 0.407. The molecule has 3 nitrogen and oxygen atoms in total. The van der Waals surface area contributed by atoms with Gasteiger partial charge in [-0.2, -0.15) is 0 Å². The predicted molar refractivity (Wildman–Crippen MR) is 85.3 cm³/mol. The molecule has 1 aliphatic heterocycles. The lowest BCUT2D eigenvalue weighted by atomic mass is 9.90. The van der Waals surface area contributed by atoms with Gasteiger partial charge in [-0.1, -0.05) is 19.1 Å². The topological polar surface area (TPSA) is 43.8 Å². The maximum absolute atomic E-state index is 6.13. The van der Waals surface area contributed by atoms with E-state index in [-0.39, 0.29) is 6.04 Å². The van der Waals surface area contributed by atoms with Crippen molar-refractivity contribution < 1.29 is 0 Å². The smallest absolute Gasteiger partial charge is 0.112 e. The van der Waals surface area contributed by atoms with Crippen LogP contribution in [-0.4, -0.2) is 15.6 Å². The number of rotatable bonds is 1. The number of aromatic nitrogens is 2. The molecule has 0 spiro atoms. The largest absolute Gasteiger partial charge is 0.332 e. The fourth-order valence-electron chi connectivity index (χ4n) is 3.89. The summed E-state index contributed by atoms with van der Waals surface area (Å²) in [7, 11) is 0. The summed E-state index contributed by atoms with van der Waals surface area (Å²) in [6.07, 6.45) is 8.35. The molecule has 0 saturated carbocycles. The van der Waals surface area contributed by atoms with Gasteiger partial charge in [-0.3, -0.25) is 0 Å². The lowest BCUT2D eigenvalue weighted by Gasteiger charge is -2.25. The summed E-state index contributed by atoms with van der Waals surface area (Å²) in [6, 6.07) is 7.16. The van der Waals surface area contributed by atoms with Crippen molar-refractivity contribution in [1.82, 2.24) is 9.55 Å². The van der Waals surface area contributed by atoms with E-state index in [1.807, 2.05) is 0 Å². The average Bonchev–Trinajstić information content (AvgIpc) is 2.91. The van der Waals surface area contributed by atoms with Crippen LogP contribution in [0, 0.1) is 0 Å². The molecule has 2 N–H and O–H groups in total. The van der Waals surface area contributed by atoms with Gasteiger partial charge in [0.05, 0.1) is 5.69 Å². The second-order valence-corrected chi connectivity index (χ2v) is 6.72. The van der Waals surface area contributed by atoms with Crippen molar-refractivity contribution in [3.8, 4) is 11.3 Å². The molecule has 2 atom stereocenters. The molecule has 0 radical (unpaired) electrons. The molecule has 0 fully saturated rings. The van der Waals surface area contributed by atoms with Crippen molar-refractivity contribution in [2.75, 3.05) is 0 Å². The third kappa shape index (κ3) is 2.30. The Kier molecular flexibility index (Phi) is 3.11. The minimum atomic E-state index is 0.262. The number of aryl methyl sites for hydroxylation is 2. The highest BCUT2D eigenvalue weighted by molar-refractivity contribution is 5.61. The summed E-state index contributed by atoms with van der Waals surface area (Å²) < 4.78 is 2.26. The fourth-order valence-corrected chi connectivity index (χ4v) is 3.89. The van der Waals surface area contributed by atoms with Crippen LogP contribution >= 0.6 is 0 Å². The molecule has 0 amide bonds. The monoisotopic (exact) mass is 281 g/mol. The fraction of sp³-hybridized carbons (Fsp3) is 0.500. The van der Waals surface area contributed by atoms with Crippen molar-refractivity contribution in [2.24, 2.45) is 5.73 Å². The number of fused-ring (bicyclic) bond motifs is 2. The van der Waals surface area contributed by atoms with Crippen LogP contribution in [0.3, 0.4) is 0 Å². The average molecular weight is 281 g/mol. The number of nitrogens with two attached hydrogens (primary N) is 1. The first-order valence-corrected chi connectivity index (χ1v) is 8.15. The molecule has 1 aromatic heterocycles. The molecule has 3 heteroatoms. The molecule has 0 saturated heterocycles. The number of hydrogen-bond acceptors (Lipinski definition) is 2. The van der Waals surface area contributed by atoms with Crippen molar-refractivity contribution in [2.45, 2.75) is 57.5 Å². The molecule has 1 aromatic carbocycles. The Hall–Kier alpha value is -1.61. The molecule has 2 aliphatic rings. The zero-order valence-corrected chi connectivity index (χ0v) is 12.7.